The minimum absolute atomic E-state index is 0.331. The second kappa shape index (κ2) is 5.65. The number of nitriles is 1. The van der Waals surface area contributed by atoms with E-state index in [4.69, 9.17) is 11.0 Å². The molecule has 7 heteroatoms. The molecule has 0 aliphatic heterocycles. The average molecular weight is 325 g/mol. The Morgan fingerprint density at radius 2 is 2.12 bits per heavy atom. The summed E-state index contributed by atoms with van der Waals surface area (Å²) in [7, 11) is 0. The molecular formula is C10H8BrF3N2S. The Balaban J connectivity index is 2.71. The van der Waals surface area contributed by atoms with Crippen LogP contribution in [0.5, 0.6) is 0 Å². The lowest BCUT2D eigenvalue weighted by Crippen LogP contribution is -2.23. The van der Waals surface area contributed by atoms with Crippen LogP contribution in [-0.2, 0) is 0 Å². The molecule has 0 aliphatic carbocycles. The fourth-order valence-electron chi connectivity index (χ4n) is 1.01. The molecule has 0 radical (unpaired) electrons. The predicted molar refractivity (Wildman–Crippen MR) is 64.4 cm³/mol. The number of alkyl halides is 3. The first-order valence-electron chi connectivity index (χ1n) is 4.48. The van der Waals surface area contributed by atoms with Gasteiger partial charge in [0.1, 0.15) is 0 Å². The lowest BCUT2D eigenvalue weighted by molar-refractivity contribution is -0.152. The van der Waals surface area contributed by atoms with Crippen molar-refractivity contribution in [1.82, 2.24) is 0 Å². The molecule has 1 aromatic rings. The highest BCUT2D eigenvalue weighted by Crippen LogP contribution is 2.34. The van der Waals surface area contributed by atoms with Crippen LogP contribution in [0.25, 0.3) is 0 Å². The molecular weight excluding hydrogens is 317 g/mol. The lowest BCUT2D eigenvalue weighted by atomic mass is 10.2. The summed E-state index contributed by atoms with van der Waals surface area (Å²) in [4.78, 5) is 0.628. The summed E-state index contributed by atoms with van der Waals surface area (Å²) in [5, 5.41) is 8.44. The topological polar surface area (TPSA) is 49.8 Å². The normalized spacial score (nSPS) is 13.1. The Morgan fingerprint density at radius 3 is 2.59 bits per heavy atom. The molecule has 0 amide bonds. The maximum absolute atomic E-state index is 12.3. The first kappa shape index (κ1) is 14.2. The van der Waals surface area contributed by atoms with Gasteiger partial charge in [-0.1, -0.05) is 0 Å². The number of hydrogen-bond donors (Lipinski definition) is 1. The van der Waals surface area contributed by atoms with E-state index >= 15 is 0 Å². The summed E-state index contributed by atoms with van der Waals surface area (Å²) in [5.41, 5.74) is 6.03. The van der Waals surface area contributed by atoms with Gasteiger partial charge in [0.15, 0.2) is 5.92 Å². The van der Waals surface area contributed by atoms with Crippen molar-refractivity contribution in [1.29, 1.82) is 5.26 Å². The van der Waals surface area contributed by atoms with E-state index in [0.717, 1.165) is 11.8 Å². The molecule has 92 valence electrons. The van der Waals surface area contributed by atoms with Gasteiger partial charge >= 0.3 is 6.18 Å². The monoisotopic (exact) mass is 324 g/mol. The maximum Gasteiger partial charge on any atom is 0.405 e. The first-order valence-corrected chi connectivity index (χ1v) is 6.26. The molecule has 2 nitrogen and oxygen atoms in total. The zero-order valence-electron chi connectivity index (χ0n) is 8.46. The average Bonchev–Trinajstić information content (AvgIpc) is 2.19. The molecule has 1 rings (SSSR count). The van der Waals surface area contributed by atoms with E-state index in [1.807, 2.05) is 0 Å². The van der Waals surface area contributed by atoms with Crippen LogP contribution in [0.3, 0.4) is 0 Å². The molecule has 17 heavy (non-hydrogen) atoms. The van der Waals surface area contributed by atoms with Crippen LogP contribution in [0.2, 0.25) is 0 Å². The fourth-order valence-corrected chi connectivity index (χ4v) is 2.72. The van der Waals surface area contributed by atoms with E-state index in [-0.39, 0.29) is 5.75 Å². The molecule has 0 saturated carbocycles. The second-order valence-corrected chi connectivity index (χ2v) is 5.14. The molecule has 1 aromatic carbocycles. The molecule has 1 unspecified atom stereocenters. The van der Waals surface area contributed by atoms with Crippen molar-refractivity contribution in [3.05, 3.63) is 22.7 Å². The number of thioether (sulfide) groups is 1. The largest absolute Gasteiger partial charge is 0.405 e. The van der Waals surface area contributed by atoms with E-state index in [0.29, 0.717) is 15.1 Å². The van der Waals surface area contributed by atoms with E-state index in [2.05, 4.69) is 15.9 Å². The van der Waals surface area contributed by atoms with Gasteiger partial charge in [0.2, 0.25) is 0 Å². The van der Waals surface area contributed by atoms with Crippen molar-refractivity contribution in [2.24, 2.45) is 5.92 Å². The summed E-state index contributed by atoms with van der Waals surface area (Å²) in [6.45, 7) is 0. The number of benzene rings is 1. The predicted octanol–water partition coefficient (Wildman–Crippen LogP) is 3.83. The van der Waals surface area contributed by atoms with Crippen molar-refractivity contribution < 1.29 is 13.2 Å². The number of anilines is 1. The number of nitrogen functional groups attached to an aromatic ring is 1. The van der Waals surface area contributed by atoms with Crippen LogP contribution in [0, 0.1) is 17.2 Å². The van der Waals surface area contributed by atoms with Crippen molar-refractivity contribution in [3.63, 3.8) is 0 Å². The molecule has 0 spiro atoms. The van der Waals surface area contributed by atoms with Gasteiger partial charge in [-0.3, -0.25) is 0 Å². The summed E-state index contributed by atoms with van der Waals surface area (Å²) in [6.07, 6.45) is -4.48. The molecule has 0 fully saturated rings. The van der Waals surface area contributed by atoms with Crippen molar-refractivity contribution in [2.75, 3.05) is 11.5 Å². The molecule has 0 saturated heterocycles. The molecule has 0 aromatic heterocycles. The number of hydrogen-bond acceptors (Lipinski definition) is 3. The van der Waals surface area contributed by atoms with Crippen molar-refractivity contribution >= 4 is 33.4 Å². The van der Waals surface area contributed by atoms with E-state index < -0.39 is 12.1 Å². The van der Waals surface area contributed by atoms with Crippen LogP contribution in [0.15, 0.2) is 27.6 Å². The third kappa shape index (κ3) is 4.13. The smallest absolute Gasteiger partial charge is 0.399 e. The van der Waals surface area contributed by atoms with Gasteiger partial charge in [-0.15, -0.1) is 11.8 Å². The highest BCUT2D eigenvalue weighted by molar-refractivity contribution is 9.10. The Morgan fingerprint density at radius 1 is 1.47 bits per heavy atom. The Labute approximate surface area is 109 Å². The first-order chi connectivity index (χ1) is 7.84. The van der Waals surface area contributed by atoms with Gasteiger partial charge in [-0.2, -0.15) is 18.4 Å². The Bertz CT molecular complexity index is 442. The van der Waals surface area contributed by atoms with Crippen LogP contribution in [-0.4, -0.2) is 11.9 Å². The fraction of sp³-hybridized carbons (Fsp3) is 0.300. The molecule has 2 N–H and O–H groups in total. The second-order valence-electron chi connectivity index (χ2n) is 3.22. The Hall–Kier alpha value is -0.870. The molecule has 0 bridgehead atoms. The van der Waals surface area contributed by atoms with Crippen LogP contribution in [0.1, 0.15) is 0 Å². The third-order valence-corrected chi connectivity index (χ3v) is 4.00. The van der Waals surface area contributed by atoms with Crippen molar-refractivity contribution in [3.8, 4) is 6.07 Å². The van der Waals surface area contributed by atoms with Crippen LogP contribution < -0.4 is 5.73 Å². The van der Waals surface area contributed by atoms with Crippen LogP contribution >= 0.6 is 27.7 Å². The number of halogens is 4. The summed E-state index contributed by atoms with van der Waals surface area (Å²) in [6, 6.07) is 6.08. The molecule has 0 aliphatic rings. The number of nitrogens with two attached hydrogens (primary N) is 1. The number of nitrogens with zero attached hydrogens (tertiary/aromatic N) is 1. The quantitative estimate of drug-likeness (QED) is 0.679. The SMILES string of the molecule is N#CC(CSc1ccc(N)cc1Br)C(F)(F)F. The minimum Gasteiger partial charge on any atom is -0.399 e. The van der Waals surface area contributed by atoms with Gasteiger partial charge in [0.25, 0.3) is 0 Å². The molecule has 0 heterocycles. The lowest BCUT2D eigenvalue weighted by Gasteiger charge is -2.13. The van der Waals surface area contributed by atoms with Gasteiger partial charge < -0.3 is 5.73 Å². The minimum atomic E-state index is -4.48. The third-order valence-electron chi connectivity index (χ3n) is 1.91. The van der Waals surface area contributed by atoms with Gasteiger partial charge in [-0.05, 0) is 34.1 Å². The van der Waals surface area contributed by atoms with E-state index in [9.17, 15) is 13.2 Å². The zero-order chi connectivity index (χ0) is 13.1. The highest BCUT2D eigenvalue weighted by Gasteiger charge is 2.39. The Kier molecular flexibility index (Phi) is 4.71. The molecule has 1 atom stereocenters. The van der Waals surface area contributed by atoms with E-state index in [1.165, 1.54) is 6.07 Å². The maximum atomic E-state index is 12.3. The summed E-state index contributed by atoms with van der Waals surface area (Å²) >= 11 is 4.17. The van der Waals surface area contributed by atoms with E-state index in [1.54, 1.807) is 18.2 Å². The highest BCUT2D eigenvalue weighted by atomic mass is 79.9. The van der Waals surface area contributed by atoms with Crippen LogP contribution in [0.4, 0.5) is 18.9 Å². The summed E-state index contributed by atoms with van der Waals surface area (Å²) < 4.78 is 37.6. The zero-order valence-corrected chi connectivity index (χ0v) is 10.9. The summed E-state index contributed by atoms with van der Waals surface area (Å²) in [5.74, 6) is -2.29. The van der Waals surface area contributed by atoms with Gasteiger partial charge in [0, 0.05) is 20.8 Å². The van der Waals surface area contributed by atoms with Gasteiger partial charge in [-0.25, -0.2) is 0 Å². The van der Waals surface area contributed by atoms with Crippen molar-refractivity contribution in [2.45, 2.75) is 11.1 Å². The standard InChI is InChI=1S/C10H8BrF3N2S/c11-8-3-7(16)1-2-9(8)17-5-6(4-15)10(12,13)14/h1-3,6H,5,16H2. The van der Waals surface area contributed by atoms with Gasteiger partial charge in [0.05, 0.1) is 6.07 Å². The number of rotatable bonds is 3.